The van der Waals surface area contributed by atoms with Gasteiger partial charge in [-0.25, -0.2) is 26.5 Å². The average molecular weight is 718 g/mol. The lowest BCUT2D eigenvalue weighted by Crippen LogP contribution is -2.38. The van der Waals surface area contributed by atoms with Gasteiger partial charge in [0.2, 0.25) is 15.8 Å². The van der Waals surface area contributed by atoms with Crippen LogP contribution in [-0.2, 0) is 35.8 Å². The van der Waals surface area contributed by atoms with E-state index in [1.807, 2.05) is 0 Å². The van der Waals surface area contributed by atoms with Gasteiger partial charge >= 0.3 is 11.9 Å². The Morgan fingerprint density at radius 3 is 2.12 bits per heavy atom. The number of hydrogen-bond acceptors (Lipinski definition) is 8. The molecule has 0 aliphatic rings. The van der Waals surface area contributed by atoms with E-state index in [1.54, 1.807) is 78.8 Å². The SMILES string of the molecule is CCCS(=O)(=O)N(COC(=O)C(C)(C)C)c1ccc(F)c(C(=O)c2cn(COC(=O)C(C)(C)C)c3ncc(-c4ccc(Cl)cc4)cc23)c1F. The molecule has 0 spiro atoms. The molecule has 0 atom stereocenters. The quantitative estimate of drug-likeness (QED) is 0.0887. The van der Waals surface area contributed by atoms with Crippen molar-refractivity contribution in [3.05, 3.63) is 82.6 Å². The summed E-state index contributed by atoms with van der Waals surface area (Å²) in [5.41, 5.74) is -2.34. The molecular formula is C35H38ClF2N3O7S. The maximum atomic E-state index is 16.4. The number of halogens is 3. The van der Waals surface area contributed by atoms with Crippen molar-refractivity contribution in [3.63, 3.8) is 0 Å². The van der Waals surface area contributed by atoms with Crippen molar-refractivity contribution in [2.45, 2.75) is 61.6 Å². The molecule has 0 aliphatic heterocycles. The molecule has 0 saturated heterocycles. The molecule has 0 radical (unpaired) electrons. The van der Waals surface area contributed by atoms with Gasteiger partial charge < -0.3 is 9.47 Å². The molecule has 49 heavy (non-hydrogen) atoms. The number of rotatable bonds is 11. The molecule has 0 amide bonds. The van der Waals surface area contributed by atoms with E-state index in [9.17, 15) is 22.8 Å². The predicted molar refractivity (Wildman–Crippen MR) is 182 cm³/mol. The number of ketones is 1. The number of fused-ring (bicyclic) bond motifs is 1. The molecule has 2 heterocycles. The number of hydrogen-bond donors (Lipinski definition) is 0. The zero-order valence-corrected chi connectivity index (χ0v) is 29.8. The Bertz CT molecular complexity index is 2020. The normalized spacial score (nSPS) is 12.2. The minimum Gasteiger partial charge on any atom is -0.443 e. The number of carbonyl (C=O) groups is 3. The highest BCUT2D eigenvalue weighted by Crippen LogP contribution is 2.33. The van der Waals surface area contributed by atoms with Gasteiger partial charge in [-0.2, -0.15) is 0 Å². The summed E-state index contributed by atoms with van der Waals surface area (Å²) in [7, 11) is -4.30. The van der Waals surface area contributed by atoms with Crippen molar-refractivity contribution >= 4 is 56.1 Å². The lowest BCUT2D eigenvalue weighted by atomic mass is 9.97. The van der Waals surface area contributed by atoms with Crippen LogP contribution in [0.5, 0.6) is 0 Å². The maximum Gasteiger partial charge on any atom is 0.312 e. The number of sulfonamides is 1. The van der Waals surface area contributed by atoms with E-state index in [0.29, 0.717) is 20.5 Å². The van der Waals surface area contributed by atoms with Crippen molar-refractivity contribution in [3.8, 4) is 11.1 Å². The summed E-state index contributed by atoms with van der Waals surface area (Å²) in [5.74, 6) is -5.60. The predicted octanol–water partition coefficient (Wildman–Crippen LogP) is 7.51. The monoisotopic (exact) mass is 717 g/mol. The van der Waals surface area contributed by atoms with Crippen LogP contribution in [0.2, 0.25) is 5.02 Å². The highest BCUT2D eigenvalue weighted by molar-refractivity contribution is 7.92. The van der Waals surface area contributed by atoms with Gasteiger partial charge in [-0.05, 0) is 83.9 Å². The maximum absolute atomic E-state index is 16.4. The number of ether oxygens (including phenoxy) is 2. The molecule has 0 unspecified atom stereocenters. The molecule has 0 fully saturated rings. The second-order valence-corrected chi connectivity index (χ2v) is 15.9. The summed E-state index contributed by atoms with van der Waals surface area (Å²) in [4.78, 5) is 43.7. The third-order valence-corrected chi connectivity index (χ3v) is 9.52. The first-order chi connectivity index (χ1) is 22.8. The molecule has 4 aromatic rings. The van der Waals surface area contributed by atoms with Crippen LogP contribution in [0.25, 0.3) is 22.2 Å². The molecular weight excluding hydrogens is 680 g/mol. The van der Waals surface area contributed by atoms with E-state index in [1.165, 1.54) is 17.0 Å². The number of aromatic nitrogens is 2. The fourth-order valence-corrected chi connectivity index (χ4v) is 6.19. The lowest BCUT2D eigenvalue weighted by Gasteiger charge is -2.26. The van der Waals surface area contributed by atoms with Crippen LogP contribution in [0, 0.1) is 22.5 Å². The number of pyridine rings is 1. The Kier molecular flexibility index (Phi) is 10.9. The number of benzene rings is 2. The van der Waals surface area contributed by atoms with E-state index >= 15 is 8.78 Å². The van der Waals surface area contributed by atoms with Crippen molar-refractivity contribution in [2.75, 3.05) is 16.8 Å². The summed E-state index contributed by atoms with van der Waals surface area (Å²) in [6, 6.07) is 10.0. The molecule has 2 aromatic heterocycles. The summed E-state index contributed by atoms with van der Waals surface area (Å²) in [5, 5.41) is 0.678. The van der Waals surface area contributed by atoms with Gasteiger partial charge in [0, 0.05) is 28.4 Å². The first-order valence-corrected chi connectivity index (χ1v) is 17.4. The summed E-state index contributed by atoms with van der Waals surface area (Å²) >= 11 is 6.05. The van der Waals surface area contributed by atoms with Crippen LogP contribution >= 0.6 is 11.6 Å². The van der Waals surface area contributed by atoms with E-state index < -0.39 is 73.9 Å². The number of esters is 2. The Labute approximate surface area is 289 Å². The molecule has 262 valence electrons. The van der Waals surface area contributed by atoms with E-state index in [-0.39, 0.29) is 29.7 Å². The van der Waals surface area contributed by atoms with Gasteiger partial charge in [0.15, 0.2) is 19.3 Å². The second-order valence-electron chi connectivity index (χ2n) is 13.5. The first-order valence-electron chi connectivity index (χ1n) is 15.4. The van der Waals surface area contributed by atoms with Gasteiger partial charge in [-0.1, -0.05) is 30.7 Å². The smallest absolute Gasteiger partial charge is 0.312 e. The highest BCUT2D eigenvalue weighted by Gasteiger charge is 2.33. The fourth-order valence-electron chi connectivity index (χ4n) is 4.67. The molecule has 10 nitrogen and oxygen atoms in total. The van der Waals surface area contributed by atoms with Gasteiger partial charge in [0.05, 0.1) is 33.4 Å². The Hall–Kier alpha value is -4.36. The number of nitrogens with zero attached hydrogens (tertiary/aromatic N) is 3. The fraction of sp³-hybridized carbons (Fsp3) is 0.371. The molecule has 0 N–H and O–H groups in total. The first kappa shape index (κ1) is 37.5. The van der Waals surface area contributed by atoms with Gasteiger partial charge in [0.25, 0.3) is 0 Å². The van der Waals surface area contributed by atoms with E-state index in [2.05, 4.69) is 4.98 Å². The number of anilines is 1. The molecule has 0 aliphatic carbocycles. The van der Waals surface area contributed by atoms with Gasteiger partial charge in [-0.15, -0.1) is 0 Å². The largest absolute Gasteiger partial charge is 0.443 e. The Balaban J connectivity index is 1.88. The molecule has 14 heteroatoms. The molecule has 0 bridgehead atoms. The van der Waals surface area contributed by atoms with Crippen LogP contribution in [0.15, 0.2) is 54.9 Å². The summed E-state index contributed by atoms with van der Waals surface area (Å²) in [6.07, 6.45) is 2.94. The van der Waals surface area contributed by atoms with Crippen molar-refractivity contribution in [1.29, 1.82) is 0 Å². The van der Waals surface area contributed by atoms with Crippen LogP contribution in [-0.4, -0.2) is 48.2 Å². The van der Waals surface area contributed by atoms with Crippen LogP contribution in [0.4, 0.5) is 14.5 Å². The van der Waals surface area contributed by atoms with Gasteiger partial charge in [0.1, 0.15) is 11.5 Å². The minimum absolute atomic E-state index is 0.142. The second kappa shape index (κ2) is 14.2. The standard InChI is InChI=1S/C35H38ClF2N3O7S/c1-8-15-49(45,46)41(20-48-33(44)35(5,6)7)27-14-13-26(37)28(29(27)38)30(42)25-18-40(19-47-32(43)34(2,3)4)31-24(25)16-22(17-39-31)21-9-11-23(36)12-10-21/h9-14,16-18H,8,15,19-20H2,1-7H3. The summed E-state index contributed by atoms with van der Waals surface area (Å²) in [6.45, 7) is 10.0. The Morgan fingerprint density at radius 2 is 1.53 bits per heavy atom. The van der Waals surface area contributed by atoms with Crippen LogP contribution in [0.3, 0.4) is 0 Å². The van der Waals surface area contributed by atoms with Crippen LogP contribution < -0.4 is 4.31 Å². The van der Waals surface area contributed by atoms with Crippen molar-refractivity contribution in [1.82, 2.24) is 9.55 Å². The van der Waals surface area contributed by atoms with E-state index in [0.717, 1.165) is 12.1 Å². The van der Waals surface area contributed by atoms with E-state index in [4.69, 9.17) is 21.1 Å². The molecule has 4 rings (SSSR count). The van der Waals surface area contributed by atoms with Crippen molar-refractivity contribution in [2.24, 2.45) is 10.8 Å². The third kappa shape index (κ3) is 8.27. The van der Waals surface area contributed by atoms with Crippen molar-refractivity contribution < 1.29 is 41.1 Å². The van der Waals surface area contributed by atoms with Gasteiger partial charge in [-0.3, -0.25) is 19.0 Å². The third-order valence-electron chi connectivity index (χ3n) is 7.37. The van der Waals surface area contributed by atoms with Crippen LogP contribution in [0.1, 0.15) is 70.8 Å². The topological polar surface area (TPSA) is 125 Å². The molecule has 2 aromatic carbocycles. The Morgan fingerprint density at radius 1 is 0.918 bits per heavy atom. The zero-order valence-electron chi connectivity index (χ0n) is 28.3. The summed E-state index contributed by atoms with van der Waals surface area (Å²) < 4.78 is 71.0. The lowest BCUT2D eigenvalue weighted by molar-refractivity contribution is -0.156. The highest BCUT2D eigenvalue weighted by atomic mass is 35.5. The zero-order chi connectivity index (χ0) is 36.5. The number of carbonyl (C=O) groups excluding carboxylic acids is 3. The molecule has 0 saturated carbocycles. The average Bonchev–Trinajstić information content (AvgIpc) is 3.37. The minimum atomic E-state index is -4.30.